The molecule has 8 heteroatoms. The van der Waals surface area contributed by atoms with Crippen molar-refractivity contribution in [3.05, 3.63) is 42.7 Å². The number of carbonyl (C=O) groups is 2. The molecule has 1 aromatic heterocycles. The molecule has 7 nitrogen and oxygen atoms in total. The van der Waals surface area contributed by atoms with Gasteiger partial charge < -0.3 is 16.4 Å². The molecule has 0 saturated carbocycles. The van der Waals surface area contributed by atoms with Crippen LogP contribution in [0.5, 0.6) is 0 Å². The average Bonchev–Trinajstić information content (AvgIpc) is 2.99. The molecule has 0 radical (unpaired) electrons. The topological polar surface area (TPSA) is 102 Å². The van der Waals surface area contributed by atoms with Crippen molar-refractivity contribution in [3.8, 4) is 5.69 Å². The number of nitrogens with zero attached hydrogens (tertiary/aromatic N) is 2. The third-order valence-electron chi connectivity index (χ3n) is 2.87. The number of nitrogens with two attached hydrogens (primary N) is 1. The normalized spacial score (nSPS) is 11.2. The molecule has 23 heavy (non-hydrogen) atoms. The van der Waals surface area contributed by atoms with Crippen molar-refractivity contribution in [1.29, 1.82) is 0 Å². The highest BCUT2D eigenvalue weighted by molar-refractivity contribution is 5.94. The summed E-state index contributed by atoms with van der Waals surface area (Å²) in [6.45, 7) is 1.66. The summed E-state index contributed by atoms with van der Waals surface area (Å²) in [5.41, 5.74) is 7.06. The van der Waals surface area contributed by atoms with Crippen LogP contribution in [0.1, 0.15) is 13.3 Å². The van der Waals surface area contributed by atoms with Crippen molar-refractivity contribution in [2.24, 2.45) is 5.73 Å². The number of anilines is 1. The maximum absolute atomic E-state index is 11.7. The van der Waals surface area contributed by atoms with Crippen LogP contribution in [0.3, 0.4) is 0 Å². The van der Waals surface area contributed by atoms with E-state index in [4.69, 9.17) is 5.73 Å². The van der Waals surface area contributed by atoms with Gasteiger partial charge in [-0.3, -0.25) is 9.59 Å². The van der Waals surface area contributed by atoms with Crippen molar-refractivity contribution in [2.45, 2.75) is 19.4 Å². The molecular formula is C15H20ClN5O2. The summed E-state index contributed by atoms with van der Waals surface area (Å²) in [5, 5.41) is 9.35. The minimum absolute atomic E-state index is 0. The molecule has 0 spiro atoms. The Bertz CT molecular complexity index is 626. The lowest BCUT2D eigenvalue weighted by atomic mass is 10.2. The number of halogens is 1. The second kappa shape index (κ2) is 8.92. The molecule has 0 saturated heterocycles. The molecule has 1 heterocycles. The van der Waals surface area contributed by atoms with E-state index < -0.39 is 0 Å². The summed E-state index contributed by atoms with van der Waals surface area (Å²) in [7, 11) is 0. The molecule has 0 aliphatic rings. The number of amides is 2. The second-order valence-electron chi connectivity index (χ2n) is 5.00. The van der Waals surface area contributed by atoms with Crippen molar-refractivity contribution in [1.82, 2.24) is 15.1 Å². The highest BCUT2D eigenvalue weighted by atomic mass is 35.5. The minimum atomic E-state index is -0.287. The molecule has 2 rings (SSSR count). The fourth-order valence-electron chi connectivity index (χ4n) is 1.87. The Morgan fingerprint density at radius 1 is 1.26 bits per heavy atom. The monoisotopic (exact) mass is 337 g/mol. The van der Waals surface area contributed by atoms with Gasteiger partial charge in [-0.2, -0.15) is 5.10 Å². The van der Waals surface area contributed by atoms with Crippen molar-refractivity contribution in [2.75, 3.05) is 11.9 Å². The van der Waals surface area contributed by atoms with Crippen LogP contribution in [-0.2, 0) is 9.59 Å². The summed E-state index contributed by atoms with van der Waals surface area (Å²) < 4.78 is 1.72. The quantitative estimate of drug-likeness (QED) is 0.734. The van der Waals surface area contributed by atoms with Gasteiger partial charge in [-0.05, 0) is 37.3 Å². The van der Waals surface area contributed by atoms with E-state index in [1.165, 1.54) is 0 Å². The number of hydrogen-bond acceptors (Lipinski definition) is 4. The van der Waals surface area contributed by atoms with E-state index >= 15 is 0 Å². The van der Waals surface area contributed by atoms with Gasteiger partial charge in [-0.1, -0.05) is 0 Å². The predicted octanol–water partition coefficient (Wildman–Crippen LogP) is 1.09. The standard InChI is InChI=1S/C15H19N5O2.ClH/c1-11(16)9-14(21)17-10-15(22)19-12-3-5-13(6-4-12)20-8-2-7-18-20;/h2-8,11H,9-10,16H2,1H3,(H,17,21)(H,19,22);1H. The number of carbonyl (C=O) groups excluding carboxylic acids is 2. The van der Waals surface area contributed by atoms with Gasteiger partial charge in [-0.15, -0.1) is 12.4 Å². The van der Waals surface area contributed by atoms with Crippen LogP contribution >= 0.6 is 12.4 Å². The number of rotatable bonds is 6. The molecule has 2 aromatic rings. The second-order valence-corrected chi connectivity index (χ2v) is 5.00. The first-order valence-electron chi connectivity index (χ1n) is 6.97. The third kappa shape index (κ3) is 6.09. The molecule has 1 aromatic carbocycles. The first kappa shape index (κ1) is 18.7. The van der Waals surface area contributed by atoms with Crippen LogP contribution in [-0.4, -0.2) is 34.2 Å². The molecule has 0 bridgehead atoms. The van der Waals surface area contributed by atoms with Crippen LogP contribution in [0, 0.1) is 0 Å². The SMILES string of the molecule is CC(N)CC(=O)NCC(=O)Nc1ccc(-n2cccn2)cc1.Cl. The Balaban J connectivity index is 0.00000264. The lowest BCUT2D eigenvalue weighted by Gasteiger charge is -2.09. The molecule has 0 fully saturated rings. The first-order chi connectivity index (χ1) is 10.5. The summed E-state index contributed by atoms with van der Waals surface area (Å²) in [5.74, 6) is -0.524. The fourth-order valence-corrected chi connectivity index (χ4v) is 1.87. The average molecular weight is 338 g/mol. The van der Waals surface area contributed by atoms with Crippen LogP contribution < -0.4 is 16.4 Å². The Labute approximate surface area is 140 Å². The van der Waals surface area contributed by atoms with E-state index in [2.05, 4.69) is 15.7 Å². The third-order valence-corrected chi connectivity index (χ3v) is 2.87. The Morgan fingerprint density at radius 3 is 2.52 bits per heavy atom. The molecular weight excluding hydrogens is 318 g/mol. The molecule has 0 aliphatic carbocycles. The van der Waals surface area contributed by atoms with Crippen LogP contribution in [0.15, 0.2) is 42.7 Å². The largest absolute Gasteiger partial charge is 0.347 e. The van der Waals surface area contributed by atoms with Crippen molar-refractivity contribution in [3.63, 3.8) is 0 Å². The molecule has 4 N–H and O–H groups in total. The van der Waals surface area contributed by atoms with E-state index in [0.717, 1.165) is 5.69 Å². The zero-order chi connectivity index (χ0) is 15.9. The molecule has 0 aliphatic heterocycles. The van der Waals surface area contributed by atoms with E-state index in [1.807, 2.05) is 24.4 Å². The maximum atomic E-state index is 11.7. The fraction of sp³-hybridized carbons (Fsp3) is 0.267. The molecule has 1 unspecified atom stereocenters. The summed E-state index contributed by atoms with van der Waals surface area (Å²) >= 11 is 0. The number of aromatic nitrogens is 2. The summed E-state index contributed by atoms with van der Waals surface area (Å²) in [6.07, 6.45) is 3.73. The van der Waals surface area contributed by atoms with E-state index in [9.17, 15) is 9.59 Å². The van der Waals surface area contributed by atoms with Crippen molar-refractivity contribution >= 4 is 29.9 Å². The highest BCUT2D eigenvalue weighted by Gasteiger charge is 2.08. The van der Waals surface area contributed by atoms with Gasteiger partial charge in [0.25, 0.3) is 0 Å². The predicted molar refractivity (Wildman–Crippen MR) is 90.7 cm³/mol. The van der Waals surface area contributed by atoms with Gasteiger partial charge in [0.1, 0.15) is 0 Å². The van der Waals surface area contributed by atoms with Crippen LogP contribution in [0.25, 0.3) is 5.69 Å². The zero-order valence-electron chi connectivity index (χ0n) is 12.7. The van der Waals surface area contributed by atoms with Gasteiger partial charge in [0.2, 0.25) is 11.8 Å². The van der Waals surface area contributed by atoms with E-state index in [-0.39, 0.29) is 43.2 Å². The first-order valence-corrected chi connectivity index (χ1v) is 6.97. The van der Waals surface area contributed by atoms with E-state index in [1.54, 1.807) is 29.9 Å². The number of benzene rings is 1. The van der Waals surface area contributed by atoms with Gasteiger partial charge in [-0.25, -0.2) is 4.68 Å². The number of nitrogens with one attached hydrogen (secondary N) is 2. The van der Waals surface area contributed by atoms with Gasteiger partial charge in [0, 0.05) is 30.5 Å². The number of hydrogen-bond donors (Lipinski definition) is 3. The van der Waals surface area contributed by atoms with Gasteiger partial charge in [0.05, 0.1) is 12.2 Å². The zero-order valence-corrected chi connectivity index (χ0v) is 13.5. The Hall–Kier alpha value is -2.38. The molecule has 2 amide bonds. The summed E-state index contributed by atoms with van der Waals surface area (Å²) in [6, 6.07) is 8.85. The minimum Gasteiger partial charge on any atom is -0.347 e. The molecule has 124 valence electrons. The smallest absolute Gasteiger partial charge is 0.243 e. The highest BCUT2D eigenvalue weighted by Crippen LogP contribution is 2.12. The lowest BCUT2D eigenvalue weighted by Crippen LogP contribution is -2.35. The van der Waals surface area contributed by atoms with E-state index in [0.29, 0.717) is 5.69 Å². The Morgan fingerprint density at radius 2 is 1.96 bits per heavy atom. The Kier molecular flexibility index (Phi) is 7.24. The molecule has 1 atom stereocenters. The van der Waals surface area contributed by atoms with Crippen molar-refractivity contribution < 1.29 is 9.59 Å². The van der Waals surface area contributed by atoms with Gasteiger partial charge in [0.15, 0.2) is 0 Å². The van der Waals surface area contributed by atoms with Crippen LogP contribution in [0.4, 0.5) is 5.69 Å². The van der Waals surface area contributed by atoms with Gasteiger partial charge >= 0.3 is 0 Å². The summed E-state index contributed by atoms with van der Waals surface area (Å²) in [4.78, 5) is 23.1. The van der Waals surface area contributed by atoms with Crippen LogP contribution in [0.2, 0.25) is 0 Å². The maximum Gasteiger partial charge on any atom is 0.243 e. The lowest BCUT2D eigenvalue weighted by molar-refractivity contribution is -0.124.